The average molecular weight is 351 g/mol. The molecule has 1 aliphatic rings. The van der Waals surface area contributed by atoms with Gasteiger partial charge in [0, 0.05) is 24.9 Å². The van der Waals surface area contributed by atoms with Crippen molar-refractivity contribution in [1.29, 1.82) is 0 Å². The molecule has 0 radical (unpaired) electrons. The van der Waals surface area contributed by atoms with Gasteiger partial charge in [-0.05, 0) is 31.4 Å². The summed E-state index contributed by atoms with van der Waals surface area (Å²) in [4.78, 5) is 1.98. The third kappa shape index (κ3) is 6.39. The minimum Gasteiger partial charge on any atom is -0.405 e. The molecule has 1 heterocycles. The van der Waals surface area contributed by atoms with Crippen LogP contribution in [-0.2, 0) is 16.4 Å². The molecule has 1 aliphatic heterocycles. The van der Waals surface area contributed by atoms with Crippen LogP contribution in [0.5, 0.6) is 5.75 Å². The lowest BCUT2D eigenvalue weighted by Crippen LogP contribution is -2.37. The maximum Gasteiger partial charge on any atom is 0.573 e. The van der Waals surface area contributed by atoms with Crippen LogP contribution in [0.3, 0.4) is 0 Å². The summed E-state index contributed by atoms with van der Waals surface area (Å²) in [6.07, 6.45) is -1.86. The summed E-state index contributed by atoms with van der Waals surface area (Å²) >= 11 is 0. The predicted octanol–water partition coefficient (Wildman–Crippen LogP) is 2.84. The number of hydrogen-bond acceptors (Lipinski definition) is 4. The Labute approximate surface area is 134 Å². The molecule has 23 heavy (non-hydrogen) atoms. The van der Waals surface area contributed by atoms with E-state index in [9.17, 15) is 21.6 Å². The molecule has 0 bridgehead atoms. The second-order valence-corrected chi connectivity index (χ2v) is 8.18. The molecule has 0 aromatic heterocycles. The van der Waals surface area contributed by atoms with Gasteiger partial charge < -0.3 is 4.74 Å². The molecule has 1 atom stereocenters. The van der Waals surface area contributed by atoms with Crippen molar-refractivity contribution in [2.45, 2.75) is 25.7 Å². The van der Waals surface area contributed by atoms with Crippen molar-refractivity contribution in [3.05, 3.63) is 29.8 Å². The number of sulfone groups is 1. The van der Waals surface area contributed by atoms with E-state index in [2.05, 4.69) is 4.74 Å². The topological polar surface area (TPSA) is 46.6 Å². The Balaban J connectivity index is 2.04. The number of ether oxygens (including phenoxy) is 1. The molecule has 130 valence electrons. The second kappa shape index (κ2) is 7.09. The highest BCUT2D eigenvalue weighted by Gasteiger charge is 2.32. The summed E-state index contributed by atoms with van der Waals surface area (Å²) in [5, 5.41) is 0. The Morgan fingerprint density at radius 1 is 1.30 bits per heavy atom. The van der Waals surface area contributed by atoms with Crippen LogP contribution in [0.1, 0.15) is 18.4 Å². The first kappa shape index (κ1) is 18.1. The molecule has 0 spiro atoms. The van der Waals surface area contributed by atoms with E-state index < -0.39 is 16.2 Å². The van der Waals surface area contributed by atoms with Crippen molar-refractivity contribution < 1.29 is 26.3 Å². The predicted molar refractivity (Wildman–Crippen MR) is 80.8 cm³/mol. The molecule has 0 N–H and O–H groups in total. The summed E-state index contributed by atoms with van der Waals surface area (Å²) in [5.74, 6) is -0.0656. The van der Waals surface area contributed by atoms with Crippen LogP contribution < -0.4 is 4.74 Å². The zero-order valence-electron chi connectivity index (χ0n) is 12.8. The lowest BCUT2D eigenvalue weighted by atomic mass is 9.99. The van der Waals surface area contributed by atoms with Gasteiger partial charge in [-0.1, -0.05) is 18.2 Å². The van der Waals surface area contributed by atoms with Crippen LogP contribution >= 0.6 is 0 Å². The number of benzene rings is 1. The smallest absolute Gasteiger partial charge is 0.405 e. The summed E-state index contributed by atoms with van der Waals surface area (Å²) in [6.45, 7) is 1.61. The number of para-hydroxylation sites is 1. The van der Waals surface area contributed by atoms with Gasteiger partial charge >= 0.3 is 6.36 Å². The Bertz CT molecular complexity index is 631. The number of halogens is 3. The van der Waals surface area contributed by atoms with Gasteiger partial charge in [-0.3, -0.25) is 4.90 Å². The summed E-state index contributed by atoms with van der Waals surface area (Å²) in [5.41, 5.74) is 0.449. The van der Waals surface area contributed by atoms with Gasteiger partial charge in [0.2, 0.25) is 0 Å². The van der Waals surface area contributed by atoms with Crippen LogP contribution in [0, 0.1) is 5.92 Å². The Kier molecular flexibility index (Phi) is 5.57. The van der Waals surface area contributed by atoms with Gasteiger partial charge in [0.1, 0.15) is 15.6 Å². The maximum atomic E-state index is 12.4. The summed E-state index contributed by atoms with van der Waals surface area (Å²) in [7, 11) is -3.05. The highest BCUT2D eigenvalue weighted by atomic mass is 32.2. The number of rotatable bonds is 5. The molecule has 1 aromatic rings. The molecule has 0 aliphatic carbocycles. The van der Waals surface area contributed by atoms with Crippen molar-refractivity contribution in [3.63, 3.8) is 0 Å². The Morgan fingerprint density at radius 3 is 2.65 bits per heavy atom. The fourth-order valence-electron chi connectivity index (χ4n) is 2.96. The van der Waals surface area contributed by atoms with E-state index in [1.165, 1.54) is 18.4 Å². The van der Waals surface area contributed by atoms with E-state index in [0.29, 0.717) is 18.7 Å². The summed E-state index contributed by atoms with van der Waals surface area (Å²) in [6, 6.07) is 6.05. The number of hydrogen-bond donors (Lipinski definition) is 0. The number of nitrogens with zero attached hydrogens (tertiary/aromatic N) is 1. The quantitative estimate of drug-likeness (QED) is 0.818. The molecule has 0 amide bonds. The van der Waals surface area contributed by atoms with Crippen molar-refractivity contribution >= 4 is 9.84 Å². The lowest BCUT2D eigenvalue weighted by molar-refractivity contribution is -0.275. The van der Waals surface area contributed by atoms with Crippen LogP contribution in [0.2, 0.25) is 0 Å². The molecular formula is C15H20F3NO3S. The highest BCUT2D eigenvalue weighted by Crippen LogP contribution is 2.28. The SMILES string of the molecule is CS(=O)(=O)CC1CCCN(Cc2ccccc2OC(F)(F)F)C1. The van der Waals surface area contributed by atoms with Crippen molar-refractivity contribution in [3.8, 4) is 5.75 Å². The molecule has 8 heteroatoms. The Morgan fingerprint density at radius 2 is 2.00 bits per heavy atom. The number of likely N-dealkylation sites (tertiary alicyclic amines) is 1. The molecule has 4 nitrogen and oxygen atoms in total. The Hall–Kier alpha value is -1.28. The van der Waals surface area contributed by atoms with E-state index in [0.717, 1.165) is 19.4 Å². The van der Waals surface area contributed by atoms with Crippen LogP contribution in [0.15, 0.2) is 24.3 Å². The standard InChI is InChI=1S/C15H20F3NO3S/c1-23(20,21)11-12-5-4-8-19(9-12)10-13-6-2-3-7-14(13)22-15(16,17)18/h2-3,6-7,12H,4-5,8-11H2,1H3. The van der Waals surface area contributed by atoms with Gasteiger partial charge in [-0.15, -0.1) is 13.2 Å². The van der Waals surface area contributed by atoms with Crippen molar-refractivity contribution in [1.82, 2.24) is 4.90 Å². The zero-order valence-corrected chi connectivity index (χ0v) is 13.7. The number of alkyl halides is 3. The third-order valence-electron chi connectivity index (χ3n) is 3.73. The molecule has 1 saturated heterocycles. The molecule has 0 saturated carbocycles. The third-order valence-corrected chi connectivity index (χ3v) is 4.81. The van der Waals surface area contributed by atoms with Gasteiger partial charge in [-0.2, -0.15) is 0 Å². The molecule has 1 aromatic carbocycles. The van der Waals surface area contributed by atoms with Crippen LogP contribution in [-0.4, -0.2) is 44.8 Å². The molecular weight excluding hydrogens is 331 g/mol. The normalized spacial score (nSPS) is 20.4. The zero-order chi connectivity index (χ0) is 17.1. The van der Waals surface area contributed by atoms with Gasteiger partial charge in [0.25, 0.3) is 0 Å². The van der Waals surface area contributed by atoms with E-state index in [4.69, 9.17) is 0 Å². The maximum absolute atomic E-state index is 12.4. The van der Waals surface area contributed by atoms with E-state index in [1.807, 2.05) is 4.90 Å². The van der Waals surface area contributed by atoms with E-state index in [1.54, 1.807) is 12.1 Å². The minimum atomic E-state index is -4.73. The first-order valence-corrected chi connectivity index (χ1v) is 9.42. The van der Waals surface area contributed by atoms with Gasteiger partial charge in [-0.25, -0.2) is 8.42 Å². The average Bonchev–Trinajstić information content (AvgIpc) is 2.38. The lowest BCUT2D eigenvalue weighted by Gasteiger charge is -2.32. The van der Waals surface area contributed by atoms with Gasteiger partial charge in [0.05, 0.1) is 5.75 Å². The monoisotopic (exact) mass is 351 g/mol. The first-order valence-electron chi connectivity index (χ1n) is 7.36. The van der Waals surface area contributed by atoms with E-state index >= 15 is 0 Å². The fourth-order valence-corrected chi connectivity index (χ4v) is 4.09. The minimum absolute atomic E-state index is 0.0226. The second-order valence-electron chi connectivity index (χ2n) is 5.99. The van der Waals surface area contributed by atoms with Crippen molar-refractivity contribution in [2.75, 3.05) is 25.1 Å². The number of piperidine rings is 1. The van der Waals surface area contributed by atoms with E-state index in [-0.39, 0.29) is 17.4 Å². The van der Waals surface area contributed by atoms with Gasteiger partial charge in [0.15, 0.2) is 0 Å². The van der Waals surface area contributed by atoms with Crippen molar-refractivity contribution in [2.24, 2.45) is 5.92 Å². The molecule has 1 unspecified atom stereocenters. The highest BCUT2D eigenvalue weighted by molar-refractivity contribution is 7.90. The first-order chi connectivity index (χ1) is 10.6. The largest absolute Gasteiger partial charge is 0.573 e. The fraction of sp³-hybridized carbons (Fsp3) is 0.600. The van der Waals surface area contributed by atoms with Crippen LogP contribution in [0.25, 0.3) is 0 Å². The van der Waals surface area contributed by atoms with Crippen LogP contribution in [0.4, 0.5) is 13.2 Å². The molecule has 2 rings (SSSR count). The summed E-state index contributed by atoms with van der Waals surface area (Å²) < 4.78 is 64.2. The molecule has 1 fully saturated rings.